The Balaban J connectivity index is 1.49. The maximum atomic E-state index is 12.5. The van der Waals surface area contributed by atoms with Crippen molar-refractivity contribution in [3.8, 4) is 0 Å². The highest BCUT2D eigenvalue weighted by molar-refractivity contribution is 7.18. The van der Waals surface area contributed by atoms with E-state index in [1.54, 1.807) is 17.0 Å². The molecule has 26 heavy (non-hydrogen) atoms. The number of amides is 2. The molecular formula is C19H27ClN2O3S. The molecule has 1 aromatic rings. The summed E-state index contributed by atoms with van der Waals surface area (Å²) in [5.74, 6) is 1.12. The van der Waals surface area contributed by atoms with Gasteiger partial charge in [0, 0.05) is 19.1 Å². The van der Waals surface area contributed by atoms with Crippen molar-refractivity contribution in [3.63, 3.8) is 0 Å². The average Bonchev–Trinajstić information content (AvgIpc) is 3.35. The molecule has 2 amide bonds. The van der Waals surface area contributed by atoms with Crippen molar-refractivity contribution in [2.24, 2.45) is 11.8 Å². The minimum atomic E-state index is -0.208. The average molecular weight is 399 g/mol. The summed E-state index contributed by atoms with van der Waals surface area (Å²) >= 11 is 7.26. The summed E-state index contributed by atoms with van der Waals surface area (Å²) in [6.07, 6.45) is 5.02. The van der Waals surface area contributed by atoms with Crippen LogP contribution < -0.4 is 5.32 Å². The quantitative estimate of drug-likeness (QED) is 0.764. The molecule has 1 saturated heterocycles. The van der Waals surface area contributed by atoms with E-state index < -0.39 is 0 Å². The lowest BCUT2D eigenvalue weighted by atomic mass is 9.88. The lowest BCUT2D eigenvalue weighted by molar-refractivity contribution is 0.0637. The zero-order chi connectivity index (χ0) is 18.7. The fraction of sp³-hybridized carbons (Fsp3) is 0.684. The Bertz CT molecular complexity index is 636. The maximum absolute atomic E-state index is 12.5. The second-order valence-corrected chi connectivity index (χ2v) is 9.33. The Morgan fingerprint density at radius 1 is 1.27 bits per heavy atom. The molecule has 7 heteroatoms. The summed E-state index contributed by atoms with van der Waals surface area (Å²) in [5, 5.41) is 3.22. The number of ether oxygens (including phenoxy) is 1. The van der Waals surface area contributed by atoms with Crippen LogP contribution in [0.25, 0.3) is 0 Å². The van der Waals surface area contributed by atoms with Gasteiger partial charge in [0.25, 0.3) is 5.91 Å². The molecule has 1 aliphatic carbocycles. The van der Waals surface area contributed by atoms with Gasteiger partial charge < -0.3 is 15.0 Å². The molecule has 0 unspecified atom stereocenters. The first-order chi connectivity index (χ1) is 12.4. The number of hydrogen-bond donors (Lipinski definition) is 1. The third kappa shape index (κ3) is 5.36. The molecule has 1 N–H and O–H groups in total. The Kier molecular flexibility index (Phi) is 6.46. The smallest absolute Gasteiger partial charge is 0.410 e. The minimum absolute atomic E-state index is 0.0169. The highest BCUT2D eigenvalue weighted by Crippen LogP contribution is 2.37. The van der Waals surface area contributed by atoms with E-state index in [1.807, 2.05) is 13.8 Å². The van der Waals surface area contributed by atoms with E-state index in [4.69, 9.17) is 16.3 Å². The van der Waals surface area contributed by atoms with Crippen molar-refractivity contribution in [3.05, 3.63) is 21.3 Å². The number of thiophene rings is 1. The summed E-state index contributed by atoms with van der Waals surface area (Å²) < 4.78 is 5.92. The van der Waals surface area contributed by atoms with E-state index in [0.29, 0.717) is 21.0 Å². The summed E-state index contributed by atoms with van der Waals surface area (Å²) in [4.78, 5) is 26.9. The molecule has 1 atom stereocenters. The monoisotopic (exact) mass is 398 g/mol. The summed E-state index contributed by atoms with van der Waals surface area (Å²) in [6.45, 7) is 5.22. The number of carbonyl (C=O) groups excluding carboxylic acids is 2. The SMILES string of the molecule is CC(C)OC(=O)N1CCC(C[C@H](NC(=O)c2ccc(Cl)s2)C2CC2)CC1. The van der Waals surface area contributed by atoms with E-state index in [9.17, 15) is 9.59 Å². The van der Waals surface area contributed by atoms with E-state index in [2.05, 4.69) is 5.32 Å². The molecule has 1 aromatic heterocycles. The molecule has 144 valence electrons. The normalized spacial score (nSPS) is 19.5. The van der Waals surface area contributed by atoms with Gasteiger partial charge in [-0.2, -0.15) is 0 Å². The summed E-state index contributed by atoms with van der Waals surface area (Å²) in [7, 11) is 0. The van der Waals surface area contributed by atoms with Crippen molar-refractivity contribution >= 4 is 34.9 Å². The predicted octanol–water partition coefficient (Wildman–Crippen LogP) is 4.56. The first-order valence-corrected chi connectivity index (χ1v) is 10.6. The number of carbonyl (C=O) groups is 2. The zero-order valence-corrected chi connectivity index (χ0v) is 16.9. The van der Waals surface area contributed by atoms with Gasteiger partial charge in [-0.3, -0.25) is 4.79 Å². The number of nitrogens with zero attached hydrogens (tertiary/aromatic N) is 1. The van der Waals surface area contributed by atoms with E-state index >= 15 is 0 Å². The summed E-state index contributed by atoms with van der Waals surface area (Å²) in [6, 6.07) is 3.77. The number of likely N-dealkylation sites (tertiary alicyclic amines) is 1. The fourth-order valence-electron chi connectivity index (χ4n) is 3.53. The lowest BCUT2D eigenvalue weighted by Gasteiger charge is -2.33. The molecular weight excluding hydrogens is 372 g/mol. The molecule has 2 aliphatic rings. The first-order valence-electron chi connectivity index (χ1n) is 9.44. The zero-order valence-electron chi connectivity index (χ0n) is 15.4. The second kappa shape index (κ2) is 8.61. The molecule has 0 bridgehead atoms. The van der Waals surface area contributed by atoms with Gasteiger partial charge in [-0.15, -0.1) is 11.3 Å². The number of piperidine rings is 1. The Morgan fingerprint density at radius 3 is 2.50 bits per heavy atom. The van der Waals surface area contributed by atoms with Gasteiger partial charge in [0.1, 0.15) is 0 Å². The number of halogens is 1. The molecule has 2 fully saturated rings. The van der Waals surface area contributed by atoms with Crippen molar-refractivity contribution in [2.75, 3.05) is 13.1 Å². The number of rotatable bonds is 6. The van der Waals surface area contributed by atoms with Crippen LogP contribution in [0.3, 0.4) is 0 Å². The number of nitrogens with one attached hydrogen (secondary N) is 1. The van der Waals surface area contributed by atoms with Crippen LogP contribution in [0.15, 0.2) is 12.1 Å². The Hall–Kier alpha value is -1.27. The van der Waals surface area contributed by atoms with Crippen LogP contribution in [0.5, 0.6) is 0 Å². The highest BCUT2D eigenvalue weighted by Gasteiger charge is 2.35. The van der Waals surface area contributed by atoms with E-state index in [1.165, 1.54) is 24.2 Å². The Labute approximate surface area is 164 Å². The van der Waals surface area contributed by atoms with Gasteiger partial charge in [0.15, 0.2) is 0 Å². The lowest BCUT2D eigenvalue weighted by Crippen LogP contribution is -2.42. The number of hydrogen-bond acceptors (Lipinski definition) is 4. The topological polar surface area (TPSA) is 58.6 Å². The third-order valence-corrected chi connectivity index (χ3v) is 6.33. The minimum Gasteiger partial charge on any atom is -0.447 e. The van der Waals surface area contributed by atoms with E-state index in [-0.39, 0.29) is 24.1 Å². The predicted molar refractivity (Wildman–Crippen MR) is 104 cm³/mol. The van der Waals surface area contributed by atoms with Gasteiger partial charge in [-0.05, 0) is 69.9 Å². The molecule has 0 spiro atoms. The maximum Gasteiger partial charge on any atom is 0.410 e. The van der Waals surface area contributed by atoms with Crippen LogP contribution >= 0.6 is 22.9 Å². The molecule has 3 rings (SSSR count). The molecule has 1 aliphatic heterocycles. The van der Waals surface area contributed by atoms with Crippen LogP contribution in [0.2, 0.25) is 4.34 Å². The van der Waals surface area contributed by atoms with Crippen molar-refractivity contribution < 1.29 is 14.3 Å². The third-order valence-electron chi connectivity index (χ3n) is 5.10. The van der Waals surface area contributed by atoms with Crippen LogP contribution in [0, 0.1) is 11.8 Å². The second-order valence-electron chi connectivity index (χ2n) is 7.62. The molecule has 2 heterocycles. The molecule has 0 aromatic carbocycles. The molecule has 1 saturated carbocycles. The standard InChI is InChI=1S/C19H27ClN2O3S/c1-12(2)25-19(24)22-9-7-13(8-10-22)11-15(14-3-4-14)21-18(23)16-5-6-17(20)26-16/h5-6,12-15H,3-4,7-11H2,1-2H3,(H,21,23)/t15-/m0/s1. The van der Waals surface area contributed by atoms with Crippen molar-refractivity contribution in [1.29, 1.82) is 0 Å². The van der Waals surface area contributed by atoms with Crippen LogP contribution in [0.1, 0.15) is 55.6 Å². The van der Waals surface area contributed by atoms with Crippen LogP contribution in [-0.4, -0.2) is 42.1 Å². The largest absolute Gasteiger partial charge is 0.447 e. The highest BCUT2D eigenvalue weighted by atomic mass is 35.5. The van der Waals surface area contributed by atoms with Gasteiger partial charge >= 0.3 is 6.09 Å². The molecule has 5 nitrogen and oxygen atoms in total. The van der Waals surface area contributed by atoms with E-state index in [0.717, 1.165) is 32.4 Å². The first kappa shape index (κ1) is 19.5. The summed E-state index contributed by atoms with van der Waals surface area (Å²) in [5.41, 5.74) is 0. The molecule has 0 radical (unpaired) electrons. The van der Waals surface area contributed by atoms with Crippen LogP contribution in [-0.2, 0) is 4.74 Å². The van der Waals surface area contributed by atoms with Gasteiger partial charge in [0.05, 0.1) is 15.3 Å². The van der Waals surface area contributed by atoms with Crippen LogP contribution in [0.4, 0.5) is 4.79 Å². The van der Waals surface area contributed by atoms with Gasteiger partial charge in [0.2, 0.25) is 0 Å². The van der Waals surface area contributed by atoms with Gasteiger partial charge in [-0.25, -0.2) is 4.79 Å². The van der Waals surface area contributed by atoms with Crippen molar-refractivity contribution in [1.82, 2.24) is 10.2 Å². The van der Waals surface area contributed by atoms with Crippen molar-refractivity contribution in [2.45, 2.75) is 58.1 Å². The van der Waals surface area contributed by atoms with Gasteiger partial charge in [-0.1, -0.05) is 11.6 Å². The Morgan fingerprint density at radius 2 is 1.96 bits per heavy atom. The fourth-order valence-corrected chi connectivity index (χ4v) is 4.48.